The summed E-state index contributed by atoms with van der Waals surface area (Å²) in [5.74, 6) is 0.192. The molecule has 0 saturated heterocycles. The first-order chi connectivity index (χ1) is 13.0. The third kappa shape index (κ3) is 2.59. The molecule has 1 N–H and O–H groups in total. The van der Waals surface area contributed by atoms with Crippen LogP contribution in [0.5, 0.6) is 0 Å². The van der Waals surface area contributed by atoms with Crippen molar-refractivity contribution in [2.45, 2.75) is 58.0 Å². The summed E-state index contributed by atoms with van der Waals surface area (Å²) in [4.78, 5) is 15.7. The van der Waals surface area contributed by atoms with Crippen LogP contribution in [0.4, 0.5) is 0 Å². The molecular weight excluding hydrogens is 336 g/mol. The van der Waals surface area contributed by atoms with E-state index in [0.29, 0.717) is 6.04 Å². The molecule has 1 saturated carbocycles. The number of H-pyrrole nitrogens is 1. The number of benzene rings is 1. The quantitative estimate of drug-likeness (QED) is 0.773. The van der Waals surface area contributed by atoms with E-state index < -0.39 is 0 Å². The Hall–Kier alpha value is -2.56. The fourth-order valence-corrected chi connectivity index (χ4v) is 4.66. The largest absolute Gasteiger partial charge is 0.348 e. The molecule has 1 atom stereocenters. The summed E-state index contributed by atoms with van der Waals surface area (Å²) < 4.78 is 2.21. The van der Waals surface area contributed by atoms with Crippen molar-refractivity contribution < 1.29 is 4.79 Å². The summed E-state index contributed by atoms with van der Waals surface area (Å²) in [5.41, 5.74) is 7.05. The Labute approximate surface area is 159 Å². The van der Waals surface area contributed by atoms with Crippen molar-refractivity contribution >= 4 is 16.8 Å². The average Bonchev–Trinajstić information content (AvgIpc) is 3.36. The minimum absolute atomic E-state index is 0.192. The number of rotatable bonds is 3. The standard InChI is InChI=1S/C22H26N4O/c1-13-14(2)25(3)21-9-4-15(11-19(13)21)22(27)26(17-5-6-17)18-7-8-20-16(10-18)12-23-24-20/h4,9,11-12,17-18H,5-8,10H2,1-3H3,(H,23,24). The molecular formula is C22H26N4O. The van der Waals surface area contributed by atoms with Crippen molar-refractivity contribution in [1.82, 2.24) is 19.7 Å². The maximum atomic E-state index is 13.5. The lowest BCUT2D eigenvalue weighted by atomic mass is 9.91. The number of aryl methyl sites for hydroxylation is 3. The van der Waals surface area contributed by atoms with Crippen LogP contribution in [-0.2, 0) is 19.9 Å². The summed E-state index contributed by atoms with van der Waals surface area (Å²) in [6.45, 7) is 4.28. The Bertz CT molecular complexity index is 1040. The lowest BCUT2D eigenvalue weighted by molar-refractivity contribution is 0.0643. The fourth-order valence-electron chi connectivity index (χ4n) is 4.66. The number of nitrogens with one attached hydrogen (secondary N) is 1. The minimum Gasteiger partial charge on any atom is -0.348 e. The zero-order chi connectivity index (χ0) is 18.7. The van der Waals surface area contributed by atoms with Crippen LogP contribution >= 0.6 is 0 Å². The van der Waals surface area contributed by atoms with Crippen LogP contribution in [0.3, 0.4) is 0 Å². The molecule has 5 heteroatoms. The Morgan fingerprint density at radius 2 is 2.04 bits per heavy atom. The zero-order valence-corrected chi connectivity index (χ0v) is 16.2. The highest BCUT2D eigenvalue weighted by Gasteiger charge is 2.39. The van der Waals surface area contributed by atoms with Gasteiger partial charge < -0.3 is 9.47 Å². The maximum Gasteiger partial charge on any atom is 0.254 e. The van der Waals surface area contributed by atoms with E-state index in [1.54, 1.807) is 0 Å². The molecule has 0 bridgehead atoms. The van der Waals surface area contributed by atoms with E-state index in [2.05, 4.69) is 52.7 Å². The van der Waals surface area contributed by atoms with Crippen LogP contribution in [0, 0.1) is 13.8 Å². The Morgan fingerprint density at radius 1 is 1.22 bits per heavy atom. The molecule has 3 aromatic rings. The van der Waals surface area contributed by atoms with E-state index in [0.717, 1.165) is 37.7 Å². The first-order valence-electron chi connectivity index (χ1n) is 9.94. The highest BCUT2D eigenvalue weighted by Crippen LogP contribution is 2.35. The van der Waals surface area contributed by atoms with Gasteiger partial charge in [-0.3, -0.25) is 9.89 Å². The predicted octanol–water partition coefficient (Wildman–Crippen LogP) is 3.68. The zero-order valence-electron chi connectivity index (χ0n) is 16.2. The molecule has 0 radical (unpaired) electrons. The molecule has 2 aliphatic rings. The molecule has 0 aliphatic heterocycles. The first-order valence-corrected chi connectivity index (χ1v) is 9.94. The van der Waals surface area contributed by atoms with Crippen molar-refractivity contribution in [3.63, 3.8) is 0 Å². The highest BCUT2D eigenvalue weighted by molar-refractivity contribution is 5.99. The van der Waals surface area contributed by atoms with E-state index in [1.165, 1.54) is 33.4 Å². The van der Waals surface area contributed by atoms with Crippen LogP contribution in [0.15, 0.2) is 24.4 Å². The second-order valence-electron chi connectivity index (χ2n) is 8.22. The summed E-state index contributed by atoms with van der Waals surface area (Å²) in [6.07, 6.45) is 7.10. The van der Waals surface area contributed by atoms with Gasteiger partial charge in [0.15, 0.2) is 0 Å². The number of hydrogen-bond donors (Lipinski definition) is 1. The van der Waals surface area contributed by atoms with Gasteiger partial charge in [0, 0.05) is 47.0 Å². The maximum absolute atomic E-state index is 13.5. The van der Waals surface area contributed by atoms with Gasteiger partial charge in [-0.1, -0.05) is 0 Å². The minimum atomic E-state index is 0.192. The molecule has 2 heterocycles. The van der Waals surface area contributed by atoms with Gasteiger partial charge in [0.2, 0.25) is 0 Å². The summed E-state index contributed by atoms with van der Waals surface area (Å²) in [6, 6.07) is 6.89. The van der Waals surface area contributed by atoms with Crippen molar-refractivity contribution in [3.05, 3.63) is 52.5 Å². The molecule has 1 amide bonds. The van der Waals surface area contributed by atoms with Crippen molar-refractivity contribution in [3.8, 4) is 0 Å². The summed E-state index contributed by atoms with van der Waals surface area (Å²) in [7, 11) is 2.09. The van der Waals surface area contributed by atoms with Gasteiger partial charge in [0.05, 0.1) is 6.20 Å². The number of nitrogens with zero attached hydrogens (tertiary/aromatic N) is 3. The van der Waals surface area contributed by atoms with Crippen molar-refractivity contribution in [1.29, 1.82) is 0 Å². The highest BCUT2D eigenvalue weighted by atomic mass is 16.2. The number of hydrogen-bond acceptors (Lipinski definition) is 2. The predicted molar refractivity (Wildman–Crippen MR) is 106 cm³/mol. The third-order valence-corrected chi connectivity index (χ3v) is 6.61. The van der Waals surface area contributed by atoms with Gasteiger partial charge in [-0.2, -0.15) is 5.10 Å². The van der Waals surface area contributed by atoms with Gasteiger partial charge in [-0.25, -0.2) is 0 Å². The van der Waals surface area contributed by atoms with E-state index >= 15 is 0 Å². The topological polar surface area (TPSA) is 53.9 Å². The Balaban J connectivity index is 1.49. The first kappa shape index (κ1) is 16.6. The molecule has 2 aromatic heterocycles. The normalized spacial score (nSPS) is 19.3. The SMILES string of the molecule is Cc1c(C)n(C)c2ccc(C(=O)N(C3CC3)C3CCc4[nH]ncc4C3)cc12. The van der Waals surface area contributed by atoms with E-state index in [-0.39, 0.29) is 11.9 Å². The van der Waals surface area contributed by atoms with Gasteiger partial charge in [-0.15, -0.1) is 0 Å². The fraction of sp³-hybridized carbons (Fsp3) is 0.455. The van der Waals surface area contributed by atoms with Gasteiger partial charge >= 0.3 is 0 Å². The van der Waals surface area contributed by atoms with Crippen LogP contribution in [0.2, 0.25) is 0 Å². The van der Waals surface area contributed by atoms with Crippen LogP contribution in [0.25, 0.3) is 10.9 Å². The number of carbonyl (C=O) groups excluding carboxylic acids is 1. The Kier molecular flexibility index (Phi) is 3.67. The summed E-state index contributed by atoms with van der Waals surface area (Å²) >= 11 is 0. The molecule has 1 aromatic carbocycles. The van der Waals surface area contributed by atoms with Crippen LogP contribution < -0.4 is 0 Å². The van der Waals surface area contributed by atoms with Crippen molar-refractivity contribution in [2.75, 3.05) is 0 Å². The van der Waals surface area contributed by atoms with E-state index in [4.69, 9.17) is 0 Å². The van der Waals surface area contributed by atoms with Crippen molar-refractivity contribution in [2.24, 2.45) is 7.05 Å². The van der Waals surface area contributed by atoms with Crippen LogP contribution in [0.1, 0.15) is 52.1 Å². The summed E-state index contributed by atoms with van der Waals surface area (Å²) in [5, 5.41) is 8.48. The van der Waals surface area contributed by atoms with E-state index in [9.17, 15) is 4.79 Å². The second kappa shape index (κ2) is 5.98. The molecule has 0 spiro atoms. The molecule has 5 nitrogen and oxygen atoms in total. The molecule has 27 heavy (non-hydrogen) atoms. The van der Waals surface area contributed by atoms with E-state index in [1.807, 2.05) is 12.3 Å². The van der Waals surface area contributed by atoms with Crippen LogP contribution in [-0.4, -0.2) is 37.7 Å². The molecule has 5 rings (SSSR count). The monoisotopic (exact) mass is 362 g/mol. The number of carbonyl (C=O) groups is 1. The Morgan fingerprint density at radius 3 is 2.81 bits per heavy atom. The second-order valence-corrected chi connectivity index (χ2v) is 8.22. The number of amides is 1. The lowest BCUT2D eigenvalue weighted by Crippen LogP contribution is -2.44. The average molecular weight is 362 g/mol. The molecule has 140 valence electrons. The molecule has 1 unspecified atom stereocenters. The molecule has 1 fully saturated rings. The van der Waals surface area contributed by atoms with Gasteiger partial charge in [0.25, 0.3) is 5.91 Å². The van der Waals surface area contributed by atoms with Gasteiger partial charge in [0.1, 0.15) is 0 Å². The lowest BCUT2D eigenvalue weighted by Gasteiger charge is -2.34. The van der Waals surface area contributed by atoms with Gasteiger partial charge in [-0.05, 0) is 75.3 Å². The number of aromatic amines is 1. The number of aromatic nitrogens is 3. The number of fused-ring (bicyclic) bond motifs is 2. The smallest absolute Gasteiger partial charge is 0.254 e. The molecule has 2 aliphatic carbocycles. The third-order valence-electron chi connectivity index (χ3n) is 6.61.